The number of rotatable bonds is 18. The van der Waals surface area contributed by atoms with Gasteiger partial charge in [-0.1, -0.05) is 6.58 Å². The summed E-state index contributed by atoms with van der Waals surface area (Å²) < 4.78 is 30.2. The minimum Gasteiger partial charge on any atom is -0.460 e. The first kappa shape index (κ1) is 28.0. The van der Waals surface area contributed by atoms with Crippen LogP contribution in [0.3, 0.4) is 0 Å². The Balaban J connectivity index is 3.85. The summed E-state index contributed by atoms with van der Waals surface area (Å²) in [5, 5.41) is 5.03. The molecule has 30 heavy (non-hydrogen) atoms. The predicted molar refractivity (Wildman–Crippen MR) is 111 cm³/mol. The fraction of sp³-hybridized carbons (Fsp3) is 0.722. The summed E-state index contributed by atoms with van der Waals surface area (Å²) in [5.74, 6) is -0.0788. The van der Waals surface area contributed by atoms with E-state index in [2.05, 4.69) is 29.8 Å². The topological polar surface area (TPSA) is 131 Å². The normalized spacial score (nSPS) is 11.3. The smallest absolute Gasteiger partial charge is 0.407 e. The van der Waals surface area contributed by atoms with Crippen LogP contribution >= 0.6 is 12.6 Å². The van der Waals surface area contributed by atoms with Gasteiger partial charge in [0.2, 0.25) is 0 Å². The lowest BCUT2D eigenvalue weighted by atomic mass is 10.3. The largest absolute Gasteiger partial charge is 0.460 e. The van der Waals surface area contributed by atoms with Crippen molar-refractivity contribution in [1.82, 2.24) is 10.6 Å². The minimum atomic E-state index is -0.668. The Morgan fingerprint density at radius 1 is 0.933 bits per heavy atom. The number of alkyl carbamates (subject to hydrolysis) is 2. The molecule has 0 aromatic rings. The second-order valence-corrected chi connectivity index (χ2v) is 6.03. The van der Waals surface area contributed by atoms with Gasteiger partial charge in [0.25, 0.3) is 0 Å². The Labute approximate surface area is 182 Å². The number of amides is 2. The zero-order chi connectivity index (χ0) is 22.5. The first-order valence-electron chi connectivity index (χ1n) is 9.43. The van der Waals surface area contributed by atoms with Crippen LogP contribution in [0.15, 0.2) is 12.7 Å². The molecule has 0 aliphatic rings. The number of hydrogen-bond donors (Lipinski definition) is 3. The van der Waals surface area contributed by atoms with E-state index in [4.69, 9.17) is 28.4 Å². The van der Waals surface area contributed by atoms with Crippen molar-refractivity contribution in [3.8, 4) is 0 Å². The molecule has 1 atom stereocenters. The molecule has 0 aromatic heterocycles. The van der Waals surface area contributed by atoms with E-state index >= 15 is 0 Å². The highest BCUT2D eigenvalue weighted by atomic mass is 32.1. The second-order valence-electron chi connectivity index (χ2n) is 5.58. The van der Waals surface area contributed by atoms with E-state index in [1.54, 1.807) is 7.11 Å². The van der Waals surface area contributed by atoms with Gasteiger partial charge in [0, 0.05) is 26.3 Å². The molecule has 0 fully saturated rings. The summed E-state index contributed by atoms with van der Waals surface area (Å²) in [6.07, 6.45) is -0.464. The average Bonchev–Trinajstić information content (AvgIpc) is 2.73. The fourth-order valence-corrected chi connectivity index (χ4v) is 2.08. The van der Waals surface area contributed by atoms with Crippen molar-refractivity contribution < 1.29 is 42.8 Å². The van der Waals surface area contributed by atoms with Gasteiger partial charge in [-0.25, -0.2) is 14.4 Å². The van der Waals surface area contributed by atoms with Crippen LogP contribution in [-0.2, 0) is 33.2 Å². The molecule has 2 N–H and O–H groups in total. The lowest BCUT2D eigenvalue weighted by Gasteiger charge is -2.17. The van der Waals surface area contributed by atoms with Crippen LogP contribution in [0.1, 0.15) is 6.42 Å². The lowest BCUT2D eigenvalue weighted by Crippen LogP contribution is -2.36. The minimum absolute atomic E-state index is 0.0952. The van der Waals surface area contributed by atoms with Gasteiger partial charge in [0.1, 0.15) is 19.3 Å². The van der Waals surface area contributed by atoms with E-state index in [0.29, 0.717) is 32.0 Å². The molecule has 0 heterocycles. The van der Waals surface area contributed by atoms with E-state index in [9.17, 15) is 14.4 Å². The van der Waals surface area contributed by atoms with Gasteiger partial charge in [0.15, 0.2) is 0 Å². The molecule has 174 valence electrons. The number of methoxy groups -OCH3 is 1. The zero-order valence-electron chi connectivity index (χ0n) is 17.3. The molecule has 2 amide bonds. The summed E-state index contributed by atoms with van der Waals surface area (Å²) >= 11 is 4.11. The maximum Gasteiger partial charge on any atom is 0.407 e. The lowest BCUT2D eigenvalue weighted by molar-refractivity contribution is -0.139. The number of nitrogens with one attached hydrogen (secondary N) is 2. The summed E-state index contributed by atoms with van der Waals surface area (Å²) in [6.45, 7) is 5.40. The Kier molecular flexibility index (Phi) is 18.9. The maximum atomic E-state index is 11.8. The van der Waals surface area contributed by atoms with Crippen molar-refractivity contribution >= 4 is 30.8 Å². The van der Waals surface area contributed by atoms with E-state index in [1.165, 1.54) is 0 Å². The number of ether oxygens (including phenoxy) is 6. The van der Waals surface area contributed by atoms with Gasteiger partial charge in [0.05, 0.1) is 33.0 Å². The third kappa shape index (κ3) is 18.0. The van der Waals surface area contributed by atoms with E-state index < -0.39 is 24.3 Å². The molecule has 1 unspecified atom stereocenters. The summed E-state index contributed by atoms with van der Waals surface area (Å²) in [6, 6.07) is 0. The SMILES string of the molecule is C=CC(=O)OCCOCCNC(=O)OC(CCS)COC(=O)NCCOCCOC. The average molecular weight is 453 g/mol. The van der Waals surface area contributed by atoms with Crippen molar-refractivity contribution in [1.29, 1.82) is 0 Å². The highest BCUT2D eigenvalue weighted by molar-refractivity contribution is 7.80. The van der Waals surface area contributed by atoms with Gasteiger partial charge in [-0.2, -0.15) is 12.6 Å². The molecule has 11 nitrogen and oxygen atoms in total. The van der Waals surface area contributed by atoms with E-state index in [1.807, 2.05) is 0 Å². The van der Waals surface area contributed by atoms with Crippen LogP contribution in [0.4, 0.5) is 9.59 Å². The molecule has 0 saturated heterocycles. The van der Waals surface area contributed by atoms with Crippen LogP contribution in [-0.4, -0.2) is 96.5 Å². The molecular weight excluding hydrogens is 420 g/mol. The standard InChI is InChI=1S/C18H32N2O9S/c1-3-16(21)27-12-11-26-8-6-20-18(23)29-15(4-13-30)14-28-17(22)19-5-7-25-10-9-24-2/h3,15,30H,1,4-14H2,2H3,(H,19,22)(H,20,23). The monoisotopic (exact) mass is 452 g/mol. The Morgan fingerprint density at radius 2 is 1.57 bits per heavy atom. The van der Waals surface area contributed by atoms with Gasteiger partial charge in [-0.05, 0) is 12.2 Å². The van der Waals surface area contributed by atoms with E-state index in [0.717, 1.165) is 6.08 Å². The molecular formula is C18H32N2O9S. The highest BCUT2D eigenvalue weighted by Crippen LogP contribution is 2.02. The Morgan fingerprint density at radius 3 is 2.17 bits per heavy atom. The van der Waals surface area contributed by atoms with Crippen molar-refractivity contribution in [2.45, 2.75) is 12.5 Å². The first-order valence-corrected chi connectivity index (χ1v) is 10.1. The van der Waals surface area contributed by atoms with Gasteiger partial charge >= 0.3 is 18.2 Å². The van der Waals surface area contributed by atoms with Crippen LogP contribution in [0, 0.1) is 0 Å². The summed E-state index contributed by atoms with van der Waals surface area (Å²) in [7, 11) is 1.57. The van der Waals surface area contributed by atoms with Gasteiger partial charge in [-0.15, -0.1) is 0 Å². The maximum absolute atomic E-state index is 11.8. The quantitative estimate of drug-likeness (QED) is 0.0896. The van der Waals surface area contributed by atoms with Crippen molar-refractivity contribution in [2.75, 3.05) is 72.2 Å². The van der Waals surface area contributed by atoms with Crippen molar-refractivity contribution in [3.05, 3.63) is 12.7 Å². The molecule has 12 heteroatoms. The van der Waals surface area contributed by atoms with Crippen LogP contribution in [0.25, 0.3) is 0 Å². The van der Waals surface area contributed by atoms with Crippen molar-refractivity contribution in [3.63, 3.8) is 0 Å². The first-order chi connectivity index (χ1) is 14.5. The predicted octanol–water partition coefficient (Wildman–Crippen LogP) is 0.536. The third-order valence-electron chi connectivity index (χ3n) is 3.23. The molecule has 0 rings (SSSR count). The second kappa shape index (κ2) is 20.3. The molecule has 0 radical (unpaired) electrons. The summed E-state index contributed by atoms with van der Waals surface area (Å²) in [5.41, 5.74) is 0. The molecule has 0 aliphatic carbocycles. The molecule has 0 aromatic carbocycles. The number of carbonyl (C=O) groups is 3. The van der Waals surface area contributed by atoms with Crippen LogP contribution in [0.2, 0.25) is 0 Å². The van der Waals surface area contributed by atoms with Crippen LogP contribution in [0.5, 0.6) is 0 Å². The molecule has 0 saturated carbocycles. The number of carbonyl (C=O) groups excluding carboxylic acids is 3. The molecule has 0 spiro atoms. The Bertz CT molecular complexity index is 494. The number of hydrogen-bond acceptors (Lipinski definition) is 10. The zero-order valence-corrected chi connectivity index (χ0v) is 18.2. The molecule has 0 bridgehead atoms. The Hall–Kier alpha value is -2.02. The third-order valence-corrected chi connectivity index (χ3v) is 3.49. The highest BCUT2D eigenvalue weighted by Gasteiger charge is 2.16. The fourth-order valence-electron chi connectivity index (χ4n) is 1.79. The number of thiol groups is 1. The number of esters is 1. The van der Waals surface area contributed by atoms with E-state index in [-0.39, 0.29) is 39.5 Å². The summed E-state index contributed by atoms with van der Waals surface area (Å²) in [4.78, 5) is 34.3. The van der Waals surface area contributed by atoms with Crippen molar-refractivity contribution in [2.24, 2.45) is 0 Å². The molecule has 0 aliphatic heterocycles. The van der Waals surface area contributed by atoms with Crippen LogP contribution < -0.4 is 10.6 Å². The van der Waals surface area contributed by atoms with Gasteiger partial charge < -0.3 is 39.1 Å². The van der Waals surface area contributed by atoms with Gasteiger partial charge in [-0.3, -0.25) is 0 Å².